The Morgan fingerprint density at radius 2 is 1.61 bits per heavy atom. The summed E-state index contributed by atoms with van der Waals surface area (Å²) in [6.45, 7) is 0. The second kappa shape index (κ2) is 6.69. The average molecular weight is 307 g/mol. The molecule has 0 nitrogen and oxygen atoms in total. The van der Waals surface area contributed by atoms with Crippen LogP contribution >= 0.6 is 15.9 Å². The predicted octanol–water partition coefficient (Wildman–Crippen LogP) is 5.21. The van der Waals surface area contributed by atoms with E-state index in [0.29, 0.717) is 5.56 Å². The van der Waals surface area contributed by atoms with Crippen molar-refractivity contribution in [2.24, 2.45) is 0 Å². The van der Waals surface area contributed by atoms with Gasteiger partial charge in [-0.2, -0.15) is 0 Å². The van der Waals surface area contributed by atoms with Crippen molar-refractivity contribution in [1.82, 2.24) is 0 Å². The molecular weight excluding hydrogens is 291 g/mol. The van der Waals surface area contributed by atoms with Crippen LogP contribution in [0.25, 0.3) is 11.1 Å². The molecule has 2 heteroatoms. The van der Waals surface area contributed by atoms with E-state index in [1.807, 2.05) is 24.3 Å². The maximum absolute atomic E-state index is 13.6. The van der Waals surface area contributed by atoms with E-state index >= 15 is 0 Å². The molecule has 0 aromatic heterocycles. The van der Waals surface area contributed by atoms with E-state index < -0.39 is 0 Å². The maximum atomic E-state index is 13.6. The molecule has 0 aliphatic rings. The maximum Gasteiger partial charge on any atom is 0.131 e. The largest absolute Gasteiger partial charge is 0.206 e. The van der Waals surface area contributed by atoms with Gasteiger partial charge >= 0.3 is 0 Å². The molecule has 0 amide bonds. The number of alkyl halides is 1. The van der Waals surface area contributed by atoms with E-state index in [4.69, 9.17) is 0 Å². The van der Waals surface area contributed by atoms with E-state index in [1.165, 1.54) is 24.5 Å². The molecule has 0 radical (unpaired) electrons. The van der Waals surface area contributed by atoms with Gasteiger partial charge in [-0.25, -0.2) is 4.39 Å². The summed E-state index contributed by atoms with van der Waals surface area (Å²) in [5, 5.41) is 1.06. The molecule has 0 heterocycles. The molecule has 0 spiro atoms. The summed E-state index contributed by atoms with van der Waals surface area (Å²) in [6, 6.07) is 15.1. The predicted molar refractivity (Wildman–Crippen MR) is 78.6 cm³/mol. The van der Waals surface area contributed by atoms with Gasteiger partial charge in [0.25, 0.3) is 0 Å². The first kappa shape index (κ1) is 13.3. The van der Waals surface area contributed by atoms with Gasteiger partial charge in [-0.05, 0) is 36.5 Å². The first-order valence-electron chi connectivity index (χ1n) is 6.21. The van der Waals surface area contributed by atoms with E-state index in [1.54, 1.807) is 6.07 Å². The minimum atomic E-state index is -0.162. The summed E-state index contributed by atoms with van der Waals surface area (Å²) in [5.74, 6) is -0.162. The fourth-order valence-corrected chi connectivity index (χ4v) is 2.37. The molecule has 0 aliphatic heterocycles. The number of hydrogen-bond donors (Lipinski definition) is 0. The molecule has 94 valence electrons. The lowest BCUT2D eigenvalue weighted by Gasteiger charge is -2.05. The standard InChI is InChI=1S/C16H16BrF/c17-12-4-3-5-13-8-10-14(11-9-13)15-6-1-2-7-16(15)18/h1-2,6-11H,3-5,12H2. The lowest BCUT2D eigenvalue weighted by molar-refractivity contribution is 0.631. The van der Waals surface area contributed by atoms with E-state index in [0.717, 1.165) is 17.3 Å². The molecule has 0 bridgehead atoms. The molecule has 0 N–H and O–H groups in total. The van der Waals surface area contributed by atoms with Gasteiger partial charge in [0.1, 0.15) is 5.82 Å². The molecule has 0 saturated heterocycles. The third-order valence-corrected chi connectivity index (χ3v) is 3.55. The number of aryl methyl sites for hydroxylation is 1. The van der Waals surface area contributed by atoms with Crippen LogP contribution in [0.1, 0.15) is 18.4 Å². The quantitative estimate of drug-likeness (QED) is 0.525. The van der Waals surface area contributed by atoms with Crippen LogP contribution in [-0.2, 0) is 6.42 Å². The van der Waals surface area contributed by atoms with Gasteiger partial charge in [-0.15, -0.1) is 0 Å². The molecule has 0 saturated carbocycles. The Labute approximate surface area is 116 Å². The lowest BCUT2D eigenvalue weighted by atomic mass is 10.0. The van der Waals surface area contributed by atoms with Crippen molar-refractivity contribution >= 4 is 15.9 Å². The average Bonchev–Trinajstić information content (AvgIpc) is 2.41. The summed E-state index contributed by atoms with van der Waals surface area (Å²) in [7, 11) is 0. The second-order valence-electron chi connectivity index (χ2n) is 4.32. The summed E-state index contributed by atoms with van der Waals surface area (Å²) in [4.78, 5) is 0. The van der Waals surface area contributed by atoms with Crippen LogP contribution < -0.4 is 0 Å². The number of rotatable bonds is 5. The second-order valence-corrected chi connectivity index (χ2v) is 5.12. The molecular formula is C16H16BrF. The van der Waals surface area contributed by atoms with Gasteiger partial charge in [-0.1, -0.05) is 58.4 Å². The Hall–Kier alpha value is -1.15. The summed E-state index contributed by atoms with van der Waals surface area (Å²) in [5.41, 5.74) is 2.93. The summed E-state index contributed by atoms with van der Waals surface area (Å²) >= 11 is 3.43. The Balaban J connectivity index is 2.10. The Kier molecular flexibility index (Phi) is 4.94. The molecule has 2 rings (SSSR count). The van der Waals surface area contributed by atoms with Crippen molar-refractivity contribution in [3.63, 3.8) is 0 Å². The van der Waals surface area contributed by atoms with E-state index in [9.17, 15) is 4.39 Å². The highest BCUT2D eigenvalue weighted by atomic mass is 79.9. The normalized spacial score (nSPS) is 10.6. The van der Waals surface area contributed by atoms with Gasteiger partial charge in [0.2, 0.25) is 0 Å². The fourth-order valence-electron chi connectivity index (χ4n) is 1.97. The van der Waals surface area contributed by atoms with Gasteiger partial charge in [-0.3, -0.25) is 0 Å². The molecule has 18 heavy (non-hydrogen) atoms. The lowest BCUT2D eigenvalue weighted by Crippen LogP contribution is -1.88. The molecule has 0 atom stereocenters. The number of unbranched alkanes of at least 4 members (excludes halogenated alkanes) is 1. The van der Waals surface area contributed by atoms with E-state index in [2.05, 4.69) is 28.1 Å². The van der Waals surface area contributed by atoms with Crippen molar-refractivity contribution < 1.29 is 4.39 Å². The molecule has 0 fully saturated rings. The van der Waals surface area contributed by atoms with Gasteiger partial charge < -0.3 is 0 Å². The Morgan fingerprint density at radius 3 is 2.28 bits per heavy atom. The molecule has 0 unspecified atom stereocenters. The van der Waals surface area contributed by atoms with Crippen molar-refractivity contribution in [3.05, 3.63) is 59.9 Å². The smallest absolute Gasteiger partial charge is 0.131 e. The van der Waals surface area contributed by atoms with Crippen LogP contribution in [0.15, 0.2) is 48.5 Å². The molecule has 2 aromatic carbocycles. The molecule has 0 aliphatic carbocycles. The van der Waals surface area contributed by atoms with Crippen molar-refractivity contribution in [3.8, 4) is 11.1 Å². The topological polar surface area (TPSA) is 0 Å². The number of halogens is 2. The summed E-state index contributed by atoms with van der Waals surface area (Å²) < 4.78 is 13.6. The first-order valence-corrected chi connectivity index (χ1v) is 7.33. The number of benzene rings is 2. The monoisotopic (exact) mass is 306 g/mol. The number of hydrogen-bond acceptors (Lipinski definition) is 0. The van der Waals surface area contributed by atoms with E-state index in [-0.39, 0.29) is 5.82 Å². The van der Waals surface area contributed by atoms with Crippen LogP contribution in [-0.4, -0.2) is 5.33 Å². The highest BCUT2D eigenvalue weighted by Gasteiger charge is 2.03. The minimum Gasteiger partial charge on any atom is -0.206 e. The van der Waals surface area contributed by atoms with Gasteiger partial charge in [0.05, 0.1) is 0 Å². The Morgan fingerprint density at radius 1 is 0.889 bits per heavy atom. The zero-order valence-electron chi connectivity index (χ0n) is 10.2. The van der Waals surface area contributed by atoms with Gasteiger partial charge in [0.15, 0.2) is 0 Å². The van der Waals surface area contributed by atoms with Crippen LogP contribution in [0.2, 0.25) is 0 Å². The SMILES string of the molecule is Fc1ccccc1-c1ccc(CCCCBr)cc1. The fraction of sp³-hybridized carbons (Fsp3) is 0.250. The van der Waals surface area contributed by atoms with Crippen molar-refractivity contribution in [2.45, 2.75) is 19.3 Å². The zero-order chi connectivity index (χ0) is 12.8. The minimum absolute atomic E-state index is 0.162. The van der Waals surface area contributed by atoms with Gasteiger partial charge in [0, 0.05) is 10.9 Å². The Bertz CT molecular complexity index is 491. The van der Waals surface area contributed by atoms with Crippen LogP contribution in [0.4, 0.5) is 4.39 Å². The van der Waals surface area contributed by atoms with Crippen LogP contribution in [0.5, 0.6) is 0 Å². The zero-order valence-corrected chi connectivity index (χ0v) is 11.8. The van der Waals surface area contributed by atoms with Crippen molar-refractivity contribution in [2.75, 3.05) is 5.33 Å². The summed E-state index contributed by atoms with van der Waals surface area (Å²) in [6.07, 6.45) is 3.46. The first-order chi connectivity index (χ1) is 8.81. The van der Waals surface area contributed by atoms with Crippen LogP contribution in [0, 0.1) is 5.82 Å². The third-order valence-electron chi connectivity index (χ3n) is 2.99. The third kappa shape index (κ3) is 3.42. The van der Waals surface area contributed by atoms with Crippen molar-refractivity contribution in [1.29, 1.82) is 0 Å². The van der Waals surface area contributed by atoms with Crippen LogP contribution in [0.3, 0.4) is 0 Å². The highest BCUT2D eigenvalue weighted by molar-refractivity contribution is 9.09. The molecule has 2 aromatic rings. The highest BCUT2D eigenvalue weighted by Crippen LogP contribution is 2.23.